The second-order valence-electron chi connectivity index (χ2n) is 8.15. The van der Waals surface area contributed by atoms with Crippen LogP contribution in [0.3, 0.4) is 0 Å². The van der Waals surface area contributed by atoms with Crippen molar-refractivity contribution in [1.29, 1.82) is 0 Å². The van der Waals surface area contributed by atoms with Gasteiger partial charge in [-0.2, -0.15) is 0 Å². The molecule has 4 heteroatoms. The Hall–Kier alpha value is -0.870. The maximum atomic E-state index is 12.4. The first-order chi connectivity index (χ1) is 10.8. The van der Waals surface area contributed by atoms with Gasteiger partial charge in [0.1, 0.15) is 0 Å². The van der Waals surface area contributed by atoms with Gasteiger partial charge >= 0.3 is 0 Å². The van der Waals surface area contributed by atoms with E-state index in [1.807, 2.05) is 20.8 Å². The van der Waals surface area contributed by atoms with Crippen molar-refractivity contribution in [2.24, 2.45) is 11.3 Å². The largest absolute Gasteiger partial charge is 0.355 e. The smallest absolute Gasteiger partial charge is 0.229 e. The average molecular weight is 322 g/mol. The maximum Gasteiger partial charge on any atom is 0.229 e. The lowest BCUT2D eigenvalue weighted by atomic mass is 9.85. The van der Waals surface area contributed by atoms with Gasteiger partial charge in [-0.05, 0) is 79.1 Å². The summed E-state index contributed by atoms with van der Waals surface area (Å²) in [5.41, 5.74) is 0.453. The first-order valence-electron chi connectivity index (χ1n) is 9.17. The molecule has 132 valence electrons. The van der Waals surface area contributed by atoms with E-state index in [1.165, 1.54) is 45.3 Å². The van der Waals surface area contributed by atoms with E-state index < -0.39 is 5.41 Å². The van der Waals surface area contributed by atoms with Gasteiger partial charge in [0, 0.05) is 19.1 Å². The number of rotatable bonds is 5. The lowest BCUT2D eigenvalue weighted by molar-refractivity contribution is -0.127. The number of carbonyl (C=O) groups excluding carboxylic acids is 1. The fourth-order valence-electron chi connectivity index (χ4n) is 3.61. The van der Waals surface area contributed by atoms with Gasteiger partial charge in [0.25, 0.3) is 0 Å². The summed E-state index contributed by atoms with van der Waals surface area (Å²) in [6, 6.07) is 0.747. The summed E-state index contributed by atoms with van der Waals surface area (Å²) in [6.07, 6.45) is 5.07. The number of piperidine rings is 2. The molecule has 23 heavy (non-hydrogen) atoms. The Bertz CT molecular complexity index is 424. The third-order valence-electron chi connectivity index (χ3n) is 5.94. The minimum atomic E-state index is -0.470. The number of likely N-dealkylation sites (tertiary alicyclic amines) is 2. The van der Waals surface area contributed by atoms with Gasteiger partial charge in [-0.1, -0.05) is 12.2 Å². The molecule has 0 aliphatic carbocycles. The minimum Gasteiger partial charge on any atom is -0.355 e. The van der Waals surface area contributed by atoms with E-state index in [-0.39, 0.29) is 5.91 Å². The van der Waals surface area contributed by atoms with Gasteiger partial charge < -0.3 is 10.2 Å². The lowest BCUT2D eigenvalue weighted by Gasteiger charge is -2.42. The monoisotopic (exact) mass is 321 g/mol. The lowest BCUT2D eigenvalue weighted by Crippen LogP contribution is -2.50. The molecule has 0 saturated carbocycles. The summed E-state index contributed by atoms with van der Waals surface area (Å²) in [4.78, 5) is 17.5. The predicted octanol–water partition coefficient (Wildman–Crippen LogP) is 2.51. The molecule has 0 aromatic carbocycles. The molecule has 2 rings (SSSR count). The highest BCUT2D eigenvalue weighted by atomic mass is 16.2. The van der Waals surface area contributed by atoms with Crippen LogP contribution in [-0.4, -0.2) is 61.5 Å². The van der Waals surface area contributed by atoms with Crippen LogP contribution in [0.2, 0.25) is 0 Å². The molecule has 1 amide bonds. The molecule has 0 unspecified atom stereocenters. The molecule has 0 aromatic rings. The number of nitrogens with one attached hydrogen (secondary N) is 1. The molecule has 2 fully saturated rings. The van der Waals surface area contributed by atoms with Gasteiger partial charge in [0.05, 0.1) is 5.41 Å². The standard InChI is InChI=1S/C19H35N3O/c1-15(2)19(3,4)18(23)20-13-16-7-6-10-22(14-16)17-8-11-21(5)12-9-17/h16-17H,1,6-14H2,2-5H3,(H,20,23)/t16-/m0/s1. The van der Waals surface area contributed by atoms with Crippen LogP contribution in [0.25, 0.3) is 0 Å². The first kappa shape index (κ1) is 18.5. The Morgan fingerprint density at radius 1 is 1.22 bits per heavy atom. The highest BCUT2D eigenvalue weighted by Gasteiger charge is 2.31. The van der Waals surface area contributed by atoms with Crippen molar-refractivity contribution in [3.8, 4) is 0 Å². The summed E-state index contributed by atoms with van der Waals surface area (Å²) >= 11 is 0. The SMILES string of the molecule is C=C(C)C(C)(C)C(=O)NC[C@@H]1CCCN(C2CCN(C)CC2)C1. The van der Waals surface area contributed by atoms with Crippen LogP contribution in [0.15, 0.2) is 12.2 Å². The normalized spacial score (nSPS) is 25.3. The summed E-state index contributed by atoms with van der Waals surface area (Å²) in [7, 11) is 2.22. The Morgan fingerprint density at radius 3 is 2.48 bits per heavy atom. The molecule has 0 aromatic heterocycles. The third-order valence-corrected chi connectivity index (χ3v) is 5.94. The number of hydrogen-bond acceptors (Lipinski definition) is 3. The molecule has 4 nitrogen and oxygen atoms in total. The zero-order valence-electron chi connectivity index (χ0n) is 15.5. The van der Waals surface area contributed by atoms with Crippen molar-refractivity contribution < 1.29 is 4.79 Å². The number of hydrogen-bond donors (Lipinski definition) is 1. The highest BCUT2D eigenvalue weighted by Crippen LogP contribution is 2.26. The van der Waals surface area contributed by atoms with E-state index >= 15 is 0 Å². The van der Waals surface area contributed by atoms with E-state index in [4.69, 9.17) is 0 Å². The van der Waals surface area contributed by atoms with Gasteiger partial charge in [-0.3, -0.25) is 9.69 Å². The van der Waals surface area contributed by atoms with E-state index in [0.717, 1.165) is 24.7 Å². The number of carbonyl (C=O) groups is 1. The summed E-state index contributed by atoms with van der Waals surface area (Å²) in [6.45, 7) is 15.4. The van der Waals surface area contributed by atoms with E-state index in [2.05, 4.69) is 28.7 Å². The van der Waals surface area contributed by atoms with E-state index in [0.29, 0.717) is 5.92 Å². The Balaban J connectivity index is 1.80. The van der Waals surface area contributed by atoms with Crippen LogP contribution in [0.5, 0.6) is 0 Å². The molecule has 0 spiro atoms. The number of amides is 1. The van der Waals surface area contributed by atoms with Crippen molar-refractivity contribution in [1.82, 2.24) is 15.1 Å². The maximum absolute atomic E-state index is 12.4. The fraction of sp³-hybridized carbons (Fsp3) is 0.842. The van der Waals surface area contributed by atoms with Crippen LogP contribution >= 0.6 is 0 Å². The molecular weight excluding hydrogens is 286 g/mol. The Kier molecular flexibility index (Phi) is 6.26. The fourth-order valence-corrected chi connectivity index (χ4v) is 3.61. The topological polar surface area (TPSA) is 35.6 Å². The van der Waals surface area contributed by atoms with Crippen molar-refractivity contribution >= 4 is 5.91 Å². The van der Waals surface area contributed by atoms with Crippen molar-refractivity contribution in [2.45, 2.75) is 52.5 Å². The van der Waals surface area contributed by atoms with Gasteiger partial charge in [0.15, 0.2) is 0 Å². The molecule has 1 atom stereocenters. The van der Waals surface area contributed by atoms with Gasteiger partial charge in [-0.15, -0.1) is 0 Å². The van der Waals surface area contributed by atoms with Crippen LogP contribution in [0, 0.1) is 11.3 Å². The van der Waals surface area contributed by atoms with Crippen LogP contribution in [-0.2, 0) is 4.79 Å². The van der Waals surface area contributed by atoms with Crippen molar-refractivity contribution in [3.63, 3.8) is 0 Å². The van der Waals surface area contributed by atoms with E-state index in [9.17, 15) is 4.79 Å². The summed E-state index contributed by atoms with van der Waals surface area (Å²) in [5.74, 6) is 0.703. The summed E-state index contributed by atoms with van der Waals surface area (Å²) in [5, 5.41) is 3.17. The second-order valence-corrected chi connectivity index (χ2v) is 8.15. The quantitative estimate of drug-likeness (QED) is 0.790. The Morgan fingerprint density at radius 2 is 1.87 bits per heavy atom. The number of nitrogens with zero attached hydrogens (tertiary/aromatic N) is 2. The molecule has 1 N–H and O–H groups in total. The third kappa shape index (κ3) is 4.80. The zero-order valence-corrected chi connectivity index (χ0v) is 15.5. The molecule has 0 radical (unpaired) electrons. The van der Waals surface area contributed by atoms with E-state index in [1.54, 1.807) is 0 Å². The molecule has 0 bridgehead atoms. The van der Waals surface area contributed by atoms with Gasteiger partial charge in [0.2, 0.25) is 5.91 Å². The molecule has 2 aliphatic rings. The molecule has 2 heterocycles. The second kappa shape index (κ2) is 7.80. The van der Waals surface area contributed by atoms with Crippen molar-refractivity contribution in [3.05, 3.63) is 12.2 Å². The first-order valence-corrected chi connectivity index (χ1v) is 9.17. The van der Waals surface area contributed by atoms with Crippen LogP contribution < -0.4 is 5.32 Å². The minimum absolute atomic E-state index is 0.112. The van der Waals surface area contributed by atoms with Crippen LogP contribution in [0.1, 0.15) is 46.5 Å². The Labute approximate surface area is 142 Å². The van der Waals surface area contributed by atoms with Gasteiger partial charge in [-0.25, -0.2) is 0 Å². The molecular formula is C19H35N3O. The summed E-state index contributed by atoms with van der Waals surface area (Å²) < 4.78 is 0. The predicted molar refractivity (Wildman–Crippen MR) is 96.4 cm³/mol. The highest BCUT2D eigenvalue weighted by molar-refractivity contribution is 5.84. The van der Waals surface area contributed by atoms with Crippen LogP contribution in [0.4, 0.5) is 0 Å². The van der Waals surface area contributed by atoms with Crippen molar-refractivity contribution in [2.75, 3.05) is 39.8 Å². The molecule has 2 aliphatic heterocycles. The zero-order chi connectivity index (χ0) is 17.0. The molecule has 2 saturated heterocycles. The average Bonchev–Trinajstić information content (AvgIpc) is 2.53.